The lowest BCUT2D eigenvalue weighted by atomic mass is 9.97. The van der Waals surface area contributed by atoms with Crippen LogP contribution < -0.4 is 0 Å². The highest BCUT2D eigenvalue weighted by Gasteiger charge is 2.10. The smallest absolute Gasteiger partial charge is 0.0998 e. The van der Waals surface area contributed by atoms with Gasteiger partial charge in [-0.05, 0) is 30.0 Å². The van der Waals surface area contributed by atoms with Crippen LogP contribution in [0.5, 0.6) is 0 Å². The van der Waals surface area contributed by atoms with Crippen LogP contribution in [0.3, 0.4) is 0 Å². The molecule has 0 radical (unpaired) electrons. The first kappa shape index (κ1) is 10.0. The van der Waals surface area contributed by atoms with Gasteiger partial charge in [0.2, 0.25) is 0 Å². The van der Waals surface area contributed by atoms with Crippen LogP contribution >= 0.6 is 0 Å². The average molecular weight is 176 g/mol. The number of hydrogen-bond acceptors (Lipinski definition) is 1. The molecule has 0 aliphatic heterocycles. The van der Waals surface area contributed by atoms with Crippen LogP contribution in [0, 0.1) is 0 Å². The SMILES string of the molecule is C=C(C)C(O)c1ccccc1CC. The molecule has 1 N–H and O–H groups in total. The zero-order valence-corrected chi connectivity index (χ0v) is 8.25. The number of aryl methyl sites for hydroxylation is 1. The molecule has 0 bridgehead atoms. The van der Waals surface area contributed by atoms with Crippen molar-refractivity contribution >= 4 is 0 Å². The zero-order valence-electron chi connectivity index (χ0n) is 8.25. The van der Waals surface area contributed by atoms with Crippen LogP contribution in [0.4, 0.5) is 0 Å². The maximum atomic E-state index is 9.81. The summed E-state index contributed by atoms with van der Waals surface area (Å²) in [6.07, 6.45) is 0.427. The van der Waals surface area contributed by atoms with Crippen molar-refractivity contribution in [3.8, 4) is 0 Å². The Morgan fingerprint density at radius 3 is 2.62 bits per heavy atom. The molecule has 0 amide bonds. The summed E-state index contributed by atoms with van der Waals surface area (Å²) in [6.45, 7) is 7.69. The van der Waals surface area contributed by atoms with Gasteiger partial charge < -0.3 is 5.11 Å². The zero-order chi connectivity index (χ0) is 9.84. The summed E-state index contributed by atoms with van der Waals surface area (Å²) in [5.74, 6) is 0. The fourth-order valence-corrected chi connectivity index (χ4v) is 1.39. The van der Waals surface area contributed by atoms with E-state index < -0.39 is 6.10 Å². The molecule has 1 aromatic carbocycles. The summed E-state index contributed by atoms with van der Waals surface area (Å²) in [5, 5.41) is 9.81. The predicted octanol–water partition coefficient (Wildman–Crippen LogP) is 2.86. The minimum atomic E-state index is -0.517. The quantitative estimate of drug-likeness (QED) is 0.702. The Bertz CT molecular complexity index is 302. The van der Waals surface area contributed by atoms with Gasteiger partial charge in [0.05, 0.1) is 6.10 Å². The van der Waals surface area contributed by atoms with E-state index in [2.05, 4.69) is 13.5 Å². The van der Waals surface area contributed by atoms with Gasteiger partial charge in [-0.3, -0.25) is 0 Å². The largest absolute Gasteiger partial charge is 0.384 e. The van der Waals surface area contributed by atoms with Crippen molar-refractivity contribution < 1.29 is 5.11 Å². The molecular weight excluding hydrogens is 160 g/mol. The van der Waals surface area contributed by atoms with Gasteiger partial charge in [-0.1, -0.05) is 37.8 Å². The summed E-state index contributed by atoms with van der Waals surface area (Å²) >= 11 is 0. The van der Waals surface area contributed by atoms with Crippen LogP contribution in [-0.2, 0) is 6.42 Å². The van der Waals surface area contributed by atoms with Crippen molar-refractivity contribution in [1.82, 2.24) is 0 Å². The molecular formula is C12H16O. The Balaban J connectivity index is 3.05. The normalized spacial score (nSPS) is 12.5. The van der Waals surface area contributed by atoms with Gasteiger partial charge in [0, 0.05) is 0 Å². The van der Waals surface area contributed by atoms with E-state index in [0.29, 0.717) is 0 Å². The highest BCUT2D eigenvalue weighted by molar-refractivity contribution is 5.32. The third kappa shape index (κ3) is 2.19. The number of rotatable bonds is 3. The molecule has 0 saturated carbocycles. The molecule has 1 aromatic rings. The molecule has 0 heterocycles. The van der Waals surface area contributed by atoms with Crippen molar-refractivity contribution in [1.29, 1.82) is 0 Å². The van der Waals surface area contributed by atoms with Crippen LogP contribution in [0.2, 0.25) is 0 Å². The molecule has 1 atom stereocenters. The lowest BCUT2D eigenvalue weighted by molar-refractivity contribution is 0.215. The number of hydrogen-bond donors (Lipinski definition) is 1. The Labute approximate surface area is 79.7 Å². The van der Waals surface area contributed by atoms with E-state index in [1.165, 1.54) is 5.56 Å². The molecule has 0 aromatic heterocycles. The average Bonchev–Trinajstić information content (AvgIpc) is 2.16. The third-order valence-electron chi connectivity index (χ3n) is 2.20. The van der Waals surface area contributed by atoms with Crippen LogP contribution in [0.25, 0.3) is 0 Å². The van der Waals surface area contributed by atoms with E-state index >= 15 is 0 Å². The summed E-state index contributed by atoms with van der Waals surface area (Å²) in [5.41, 5.74) is 2.97. The fraction of sp³-hybridized carbons (Fsp3) is 0.333. The molecule has 1 heteroatoms. The summed E-state index contributed by atoms with van der Waals surface area (Å²) in [6, 6.07) is 7.94. The highest BCUT2D eigenvalue weighted by Crippen LogP contribution is 2.23. The molecule has 0 aliphatic rings. The third-order valence-corrected chi connectivity index (χ3v) is 2.20. The molecule has 1 unspecified atom stereocenters. The van der Waals surface area contributed by atoms with Crippen LogP contribution in [-0.4, -0.2) is 5.11 Å². The summed E-state index contributed by atoms with van der Waals surface area (Å²) in [7, 11) is 0. The van der Waals surface area contributed by atoms with Crippen molar-refractivity contribution in [3.05, 3.63) is 47.5 Å². The second kappa shape index (κ2) is 4.24. The van der Waals surface area contributed by atoms with Gasteiger partial charge in [0.1, 0.15) is 0 Å². The van der Waals surface area contributed by atoms with E-state index in [4.69, 9.17) is 0 Å². The standard InChI is InChI=1S/C12H16O/c1-4-10-7-5-6-8-11(10)12(13)9(2)3/h5-8,12-13H,2,4H2,1,3H3. The Morgan fingerprint density at radius 2 is 2.08 bits per heavy atom. The second-order valence-corrected chi connectivity index (χ2v) is 3.30. The monoisotopic (exact) mass is 176 g/mol. The highest BCUT2D eigenvalue weighted by atomic mass is 16.3. The second-order valence-electron chi connectivity index (χ2n) is 3.30. The topological polar surface area (TPSA) is 20.2 Å². The fourth-order valence-electron chi connectivity index (χ4n) is 1.39. The molecule has 1 rings (SSSR count). The van der Waals surface area contributed by atoms with E-state index in [0.717, 1.165) is 17.6 Å². The summed E-state index contributed by atoms with van der Waals surface area (Å²) < 4.78 is 0. The summed E-state index contributed by atoms with van der Waals surface area (Å²) in [4.78, 5) is 0. The molecule has 1 nitrogen and oxygen atoms in total. The van der Waals surface area contributed by atoms with E-state index in [-0.39, 0.29) is 0 Å². The maximum absolute atomic E-state index is 9.81. The molecule has 0 saturated heterocycles. The van der Waals surface area contributed by atoms with Crippen LogP contribution in [0.1, 0.15) is 31.1 Å². The van der Waals surface area contributed by atoms with Gasteiger partial charge in [0.15, 0.2) is 0 Å². The first-order chi connectivity index (χ1) is 6.16. The van der Waals surface area contributed by atoms with Crippen molar-refractivity contribution in [3.63, 3.8) is 0 Å². The Hall–Kier alpha value is -1.08. The maximum Gasteiger partial charge on any atom is 0.0998 e. The van der Waals surface area contributed by atoms with Gasteiger partial charge in [-0.2, -0.15) is 0 Å². The van der Waals surface area contributed by atoms with Gasteiger partial charge >= 0.3 is 0 Å². The Kier molecular flexibility index (Phi) is 3.26. The minimum absolute atomic E-state index is 0.517. The molecule has 0 fully saturated rings. The van der Waals surface area contributed by atoms with Crippen LogP contribution in [0.15, 0.2) is 36.4 Å². The first-order valence-electron chi connectivity index (χ1n) is 4.58. The first-order valence-corrected chi connectivity index (χ1v) is 4.58. The van der Waals surface area contributed by atoms with Crippen molar-refractivity contribution in [2.24, 2.45) is 0 Å². The minimum Gasteiger partial charge on any atom is -0.384 e. The van der Waals surface area contributed by atoms with Crippen molar-refractivity contribution in [2.75, 3.05) is 0 Å². The van der Waals surface area contributed by atoms with E-state index in [1.54, 1.807) is 0 Å². The molecule has 0 aliphatic carbocycles. The number of aliphatic hydroxyl groups excluding tert-OH is 1. The van der Waals surface area contributed by atoms with E-state index in [9.17, 15) is 5.11 Å². The van der Waals surface area contributed by atoms with Gasteiger partial charge in [-0.15, -0.1) is 0 Å². The van der Waals surface area contributed by atoms with E-state index in [1.807, 2.05) is 31.2 Å². The number of aliphatic hydroxyl groups is 1. The Morgan fingerprint density at radius 1 is 1.46 bits per heavy atom. The molecule has 0 spiro atoms. The number of benzene rings is 1. The van der Waals surface area contributed by atoms with Gasteiger partial charge in [-0.25, -0.2) is 0 Å². The molecule has 70 valence electrons. The van der Waals surface area contributed by atoms with Gasteiger partial charge in [0.25, 0.3) is 0 Å². The lowest BCUT2D eigenvalue weighted by Crippen LogP contribution is -2.01. The lowest BCUT2D eigenvalue weighted by Gasteiger charge is -2.14. The predicted molar refractivity (Wildman–Crippen MR) is 55.6 cm³/mol. The molecule has 13 heavy (non-hydrogen) atoms. The van der Waals surface area contributed by atoms with Crippen molar-refractivity contribution in [2.45, 2.75) is 26.4 Å².